The maximum atomic E-state index is 14.2. The number of halogens is 2. The zero-order valence-corrected chi connectivity index (χ0v) is 12.7. The fourth-order valence-corrected chi connectivity index (χ4v) is 2.20. The van der Waals surface area contributed by atoms with E-state index < -0.39 is 17.4 Å². The van der Waals surface area contributed by atoms with E-state index in [0.717, 1.165) is 12.1 Å². The van der Waals surface area contributed by atoms with E-state index >= 15 is 0 Å². The molecule has 1 aromatic heterocycles. The second kappa shape index (κ2) is 6.84. The highest BCUT2D eigenvalue weighted by Crippen LogP contribution is 2.18. The third-order valence-electron chi connectivity index (χ3n) is 3.42. The predicted molar refractivity (Wildman–Crippen MR) is 85.6 cm³/mol. The Hall–Kier alpha value is -3.66. The molecule has 122 valence electrons. The van der Waals surface area contributed by atoms with Crippen molar-refractivity contribution in [2.45, 2.75) is 0 Å². The second-order valence-corrected chi connectivity index (χ2v) is 5.06. The van der Waals surface area contributed by atoms with E-state index in [2.05, 4.69) is 10.1 Å². The summed E-state index contributed by atoms with van der Waals surface area (Å²) >= 11 is 0. The Balaban J connectivity index is 1.92. The average Bonchev–Trinajstić information content (AvgIpc) is 3.14. The topological polar surface area (TPSA) is 71.6 Å². The van der Waals surface area contributed by atoms with Crippen molar-refractivity contribution in [3.8, 4) is 11.8 Å². The van der Waals surface area contributed by atoms with Gasteiger partial charge in [0.05, 0.1) is 0 Å². The van der Waals surface area contributed by atoms with Crippen LogP contribution in [0.15, 0.2) is 60.7 Å². The second-order valence-electron chi connectivity index (χ2n) is 5.06. The molecule has 0 N–H and O–H groups in total. The van der Waals surface area contributed by atoms with Gasteiger partial charge in [0, 0.05) is 5.56 Å². The number of benzene rings is 2. The van der Waals surface area contributed by atoms with Crippen LogP contribution in [0.25, 0.3) is 11.8 Å². The Bertz CT molecular complexity index is 987. The molecule has 3 rings (SSSR count). The van der Waals surface area contributed by atoms with E-state index in [4.69, 9.17) is 0 Å². The van der Waals surface area contributed by atoms with E-state index in [0.29, 0.717) is 5.56 Å². The molecule has 0 aliphatic carbocycles. The lowest BCUT2D eigenvalue weighted by atomic mass is 10.0. The Kier molecular flexibility index (Phi) is 4.44. The molecule has 0 amide bonds. The van der Waals surface area contributed by atoms with Crippen LogP contribution in [0.4, 0.5) is 8.78 Å². The summed E-state index contributed by atoms with van der Waals surface area (Å²) in [4.78, 5) is 16.0. The van der Waals surface area contributed by atoms with Gasteiger partial charge in [-0.25, -0.2) is 18.4 Å². The molecule has 7 heteroatoms. The van der Waals surface area contributed by atoms with E-state index in [1.807, 2.05) is 0 Å². The standard InChI is InChI=1S/C18H10F2N4O/c19-15-4-2-13(3-5-15)18(25)14(9-21)7-12-1-6-17(16(20)8-12)24-11-22-10-23-24/h1-8,10-11H/b14-7-. The van der Waals surface area contributed by atoms with Gasteiger partial charge in [0.15, 0.2) is 0 Å². The summed E-state index contributed by atoms with van der Waals surface area (Å²) in [5.41, 5.74) is 0.528. The number of Topliss-reactive ketones (excluding diaryl/α,β-unsaturated/α-hetero) is 1. The first-order valence-electron chi connectivity index (χ1n) is 7.15. The molecule has 0 atom stereocenters. The predicted octanol–water partition coefficient (Wildman–Crippen LogP) is 3.34. The van der Waals surface area contributed by atoms with Gasteiger partial charge >= 0.3 is 0 Å². The van der Waals surface area contributed by atoms with Crippen molar-refractivity contribution in [3.05, 3.63) is 83.5 Å². The molecule has 3 aromatic rings. The maximum Gasteiger partial charge on any atom is 0.203 e. The number of nitriles is 1. The fraction of sp³-hybridized carbons (Fsp3) is 0. The van der Waals surface area contributed by atoms with Crippen LogP contribution >= 0.6 is 0 Å². The number of rotatable bonds is 4. The minimum Gasteiger partial charge on any atom is -0.288 e. The average molecular weight is 336 g/mol. The van der Waals surface area contributed by atoms with Gasteiger partial charge in [-0.15, -0.1) is 0 Å². The van der Waals surface area contributed by atoms with Crippen molar-refractivity contribution in [3.63, 3.8) is 0 Å². The van der Waals surface area contributed by atoms with Crippen molar-refractivity contribution in [2.24, 2.45) is 0 Å². The quantitative estimate of drug-likeness (QED) is 0.416. The van der Waals surface area contributed by atoms with Crippen LogP contribution in [0.1, 0.15) is 15.9 Å². The monoisotopic (exact) mass is 336 g/mol. The summed E-state index contributed by atoms with van der Waals surface area (Å²) in [5.74, 6) is -1.63. The van der Waals surface area contributed by atoms with Crippen LogP contribution < -0.4 is 0 Å². The minimum atomic E-state index is -0.578. The number of carbonyl (C=O) groups is 1. The molecule has 0 aliphatic rings. The van der Waals surface area contributed by atoms with E-state index in [-0.39, 0.29) is 16.8 Å². The summed E-state index contributed by atoms with van der Waals surface area (Å²) in [6.45, 7) is 0. The molecule has 0 saturated heterocycles. The maximum absolute atomic E-state index is 14.2. The molecule has 0 bridgehead atoms. The normalized spacial score (nSPS) is 11.2. The molecule has 2 aromatic carbocycles. The van der Waals surface area contributed by atoms with Gasteiger partial charge in [-0.05, 0) is 48.0 Å². The van der Waals surface area contributed by atoms with Crippen molar-refractivity contribution < 1.29 is 13.6 Å². The summed E-state index contributed by atoms with van der Waals surface area (Å²) in [6.07, 6.45) is 3.91. The van der Waals surface area contributed by atoms with Gasteiger partial charge in [-0.2, -0.15) is 10.4 Å². The van der Waals surface area contributed by atoms with Crippen molar-refractivity contribution in [2.75, 3.05) is 0 Å². The molecular formula is C18H10F2N4O. The first-order chi connectivity index (χ1) is 12.1. The number of ketones is 1. The van der Waals surface area contributed by atoms with Gasteiger partial charge in [-0.3, -0.25) is 4.79 Å². The molecule has 25 heavy (non-hydrogen) atoms. The Morgan fingerprint density at radius 2 is 1.92 bits per heavy atom. The largest absolute Gasteiger partial charge is 0.288 e. The molecule has 0 saturated carbocycles. The Labute approximate surface area is 141 Å². The zero-order chi connectivity index (χ0) is 17.8. The number of hydrogen-bond acceptors (Lipinski definition) is 4. The van der Waals surface area contributed by atoms with Gasteiger partial charge < -0.3 is 0 Å². The number of nitrogens with zero attached hydrogens (tertiary/aromatic N) is 4. The number of aromatic nitrogens is 3. The highest BCUT2D eigenvalue weighted by molar-refractivity contribution is 6.14. The third kappa shape index (κ3) is 3.48. The molecule has 0 unspecified atom stereocenters. The molecule has 1 heterocycles. The third-order valence-corrected chi connectivity index (χ3v) is 3.42. The Morgan fingerprint density at radius 3 is 2.52 bits per heavy atom. The minimum absolute atomic E-state index is 0.175. The number of carbonyl (C=O) groups excluding carboxylic acids is 1. The fourth-order valence-electron chi connectivity index (χ4n) is 2.20. The van der Waals surface area contributed by atoms with Crippen molar-refractivity contribution in [1.29, 1.82) is 5.26 Å². The van der Waals surface area contributed by atoms with Crippen molar-refractivity contribution in [1.82, 2.24) is 14.8 Å². The zero-order valence-electron chi connectivity index (χ0n) is 12.7. The van der Waals surface area contributed by atoms with Gasteiger partial charge in [-0.1, -0.05) is 6.07 Å². The lowest BCUT2D eigenvalue weighted by molar-refractivity contribution is 0.104. The lowest BCUT2D eigenvalue weighted by Gasteiger charge is -2.04. The van der Waals surface area contributed by atoms with Gasteiger partial charge in [0.2, 0.25) is 5.78 Å². The van der Waals surface area contributed by atoms with E-state index in [1.54, 1.807) is 12.1 Å². The van der Waals surface area contributed by atoms with Gasteiger partial charge in [0.1, 0.15) is 41.6 Å². The Morgan fingerprint density at radius 1 is 1.16 bits per heavy atom. The molecular weight excluding hydrogens is 326 g/mol. The van der Waals surface area contributed by atoms with Crippen LogP contribution in [-0.4, -0.2) is 20.5 Å². The summed E-state index contributed by atoms with van der Waals surface area (Å²) in [7, 11) is 0. The first kappa shape index (κ1) is 16.2. The van der Waals surface area contributed by atoms with E-state index in [9.17, 15) is 18.8 Å². The van der Waals surface area contributed by atoms with Crippen LogP contribution in [0.2, 0.25) is 0 Å². The van der Waals surface area contributed by atoms with Crippen LogP contribution in [0.5, 0.6) is 0 Å². The number of allylic oxidation sites excluding steroid dienone is 1. The van der Waals surface area contributed by atoms with Crippen LogP contribution in [0.3, 0.4) is 0 Å². The van der Waals surface area contributed by atoms with E-state index in [1.165, 1.54) is 47.7 Å². The molecule has 0 radical (unpaired) electrons. The lowest BCUT2D eigenvalue weighted by Crippen LogP contribution is -2.02. The first-order valence-corrected chi connectivity index (χ1v) is 7.15. The SMILES string of the molecule is N#C/C(=C/c1ccc(-n2cncn2)c(F)c1)C(=O)c1ccc(F)cc1. The van der Waals surface area contributed by atoms with Crippen molar-refractivity contribution >= 4 is 11.9 Å². The highest BCUT2D eigenvalue weighted by Gasteiger charge is 2.13. The molecule has 5 nitrogen and oxygen atoms in total. The summed E-state index contributed by atoms with van der Waals surface area (Å²) < 4.78 is 28.4. The highest BCUT2D eigenvalue weighted by atomic mass is 19.1. The smallest absolute Gasteiger partial charge is 0.203 e. The van der Waals surface area contributed by atoms with Gasteiger partial charge in [0.25, 0.3) is 0 Å². The number of hydrogen-bond donors (Lipinski definition) is 0. The summed E-state index contributed by atoms with van der Waals surface area (Å²) in [5, 5.41) is 13.1. The molecule has 0 aliphatic heterocycles. The van der Waals surface area contributed by atoms with Crippen LogP contribution in [0, 0.1) is 23.0 Å². The molecule has 0 spiro atoms. The summed E-state index contributed by atoms with van der Waals surface area (Å²) in [6, 6.07) is 10.8. The molecule has 0 fully saturated rings. The van der Waals surface area contributed by atoms with Crippen LogP contribution in [-0.2, 0) is 0 Å².